The zero-order chi connectivity index (χ0) is 15.2. The Balaban J connectivity index is 1.86. The lowest BCUT2D eigenvalue weighted by Gasteiger charge is -2.30. The topological polar surface area (TPSA) is 103 Å². The minimum atomic E-state index is -1.07. The van der Waals surface area contributed by atoms with Crippen LogP contribution in [0, 0.1) is 11.3 Å². The standard InChI is InChI=1S/C14H15N3O4/c15-7-10-1-3-11(4-2-10)8-16-14(20)17-5-6-21-12(9-17)13(18)19/h1-4,12H,5-6,8-9H2,(H,16,20)(H,18,19). The molecule has 2 amide bonds. The maximum Gasteiger partial charge on any atom is 0.334 e. The molecular weight excluding hydrogens is 274 g/mol. The van der Waals surface area contributed by atoms with E-state index in [1.807, 2.05) is 6.07 Å². The van der Waals surface area contributed by atoms with Gasteiger partial charge in [0.25, 0.3) is 0 Å². The summed E-state index contributed by atoms with van der Waals surface area (Å²) >= 11 is 0. The normalized spacial score (nSPS) is 17.9. The summed E-state index contributed by atoms with van der Waals surface area (Å²) in [6, 6.07) is 8.57. The Morgan fingerprint density at radius 1 is 1.43 bits per heavy atom. The van der Waals surface area contributed by atoms with Crippen LogP contribution in [-0.4, -0.2) is 47.8 Å². The number of aliphatic carboxylic acids is 1. The molecule has 0 aromatic heterocycles. The third-order valence-corrected chi connectivity index (χ3v) is 3.16. The van der Waals surface area contributed by atoms with Gasteiger partial charge in [-0.1, -0.05) is 12.1 Å². The number of nitrogens with zero attached hydrogens (tertiary/aromatic N) is 2. The van der Waals surface area contributed by atoms with E-state index in [1.165, 1.54) is 4.90 Å². The zero-order valence-corrected chi connectivity index (χ0v) is 11.3. The lowest BCUT2D eigenvalue weighted by Crippen LogP contribution is -2.51. The Morgan fingerprint density at radius 3 is 2.76 bits per heavy atom. The van der Waals surface area contributed by atoms with Crippen LogP contribution in [0.1, 0.15) is 11.1 Å². The fraction of sp³-hybridized carbons (Fsp3) is 0.357. The third kappa shape index (κ3) is 3.94. The molecule has 0 spiro atoms. The summed E-state index contributed by atoms with van der Waals surface area (Å²) in [5, 5.41) is 20.3. The van der Waals surface area contributed by atoms with Gasteiger partial charge in [-0.2, -0.15) is 5.26 Å². The molecule has 0 aliphatic carbocycles. The van der Waals surface area contributed by atoms with Crippen LogP contribution in [0.15, 0.2) is 24.3 Å². The number of carbonyl (C=O) groups excluding carboxylic acids is 1. The molecule has 1 aliphatic heterocycles. The Labute approximate surface area is 121 Å². The van der Waals surface area contributed by atoms with E-state index in [2.05, 4.69) is 5.32 Å². The van der Waals surface area contributed by atoms with Crippen molar-refractivity contribution in [1.29, 1.82) is 5.26 Å². The van der Waals surface area contributed by atoms with E-state index in [0.717, 1.165) is 5.56 Å². The van der Waals surface area contributed by atoms with Crippen molar-refractivity contribution in [3.8, 4) is 6.07 Å². The molecular formula is C14H15N3O4. The lowest BCUT2D eigenvalue weighted by molar-refractivity contribution is -0.154. The van der Waals surface area contributed by atoms with Crippen molar-refractivity contribution in [2.45, 2.75) is 12.6 Å². The molecule has 1 atom stereocenters. The molecule has 1 aliphatic rings. The van der Waals surface area contributed by atoms with E-state index in [1.54, 1.807) is 24.3 Å². The number of hydrogen-bond acceptors (Lipinski definition) is 4. The molecule has 0 saturated carbocycles. The maximum atomic E-state index is 12.0. The molecule has 2 N–H and O–H groups in total. The van der Waals surface area contributed by atoms with Crippen LogP contribution in [-0.2, 0) is 16.1 Å². The van der Waals surface area contributed by atoms with Crippen LogP contribution in [0.2, 0.25) is 0 Å². The van der Waals surface area contributed by atoms with E-state index in [-0.39, 0.29) is 19.2 Å². The second kappa shape index (κ2) is 6.72. The van der Waals surface area contributed by atoms with Crippen LogP contribution >= 0.6 is 0 Å². The number of carboxylic acids is 1. The van der Waals surface area contributed by atoms with Gasteiger partial charge in [-0.15, -0.1) is 0 Å². The highest BCUT2D eigenvalue weighted by atomic mass is 16.5. The molecule has 1 saturated heterocycles. The van der Waals surface area contributed by atoms with Crippen LogP contribution in [0.4, 0.5) is 4.79 Å². The first-order chi connectivity index (χ1) is 10.1. The van der Waals surface area contributed by atoms with Gasteiger partial charge in [0.2, 0.25) is 0 Å². The minimum Gasteiger partial charge on any atom is -0.479 e. The van der Waals surface area contributed by atoms with E-state index < -0.39 is 12.1 Å². The number of urea groups is 1. The fourth-order valence-electron chi connectivity index (χ4n) is 1.97. The highest BCUT2D eigenvalue weighted by molar-refractivity contribution is 5.77. The average molecular weight is 289 g/mol. The van der Waals surface area contributed by atoms with Gasteiger partial charge in [-0.05, 0) is 17.7 Å². The van der Waals surface area contributed by atoms with Crippen LogP contribution in [0.5, 0.6) is 0 Å². The molecule has 110 valence electrons. The van der Waals surface area contributed by atoms with Crippen LogP contribution in [0.3, 0.4) is 0 Å². The zero-order valence-electron chi connectivity index (χ0n) is 11.3. The van der Waals surface area contributed by atoms with Gasteiger partial charge in [0.15, 0.2) is 6.10 Å². The van der Waals surface area contributed by atoms with Crippen molar-refractivity contribution in [3.05, 3.63) is 35.4 Å². The molecule has 1 fully saturated rings. The van der Waals surface area contributed by atoms with Crippen LogP contribution in [0.25, 0.3) is 0 Å². The number of morpholine rings is 1. The summed E-state index contributed by atoms with van der Waals surface area (Å²) in [7, 11) is 0. The second-order valence-corrected chi connectivity index (χ2v) is 4.61. The quantitative estimate of drug-likeness (QED) is 0.846. The summed E-state index contributed by atoms with van der Waals surface area (Å²) in [5.74, 6) is -1.07. The predicted octanol–water partition coefficient (Wildman–Crippen LogP) is 0.553. The largest absolute Gasteiger partial charge is 0.479 e. The van der Waals surface area contributed by atoms with Crippen molar-refractivity contribution >= 4 is 12.0 Å². The third-order valence-electron chi connectivity index (χ3n) is 3.16. The molecule has 1 unspecified atom stereocenters. The van der Waals surface area contributed by atoms with Crippen molar-refractivity contribution in [1.82, 2.24) is 10.2 Å². The first kappa shape index (κ1) is 14.8. The van der Waals surface area contributed by atoms with Gasteiger partial charge in [0, 0.05) is 13.1 Å². The van der Waals surface area contributed by atoms with Crippen molar-refractivity contribution in [2.24, 2.45) is 0 Å². The van der Waals surface area contributed by atoms with Gasteiger partial charge in [0.1, 0.15) is 0 Å². The number of amides is 2. The number of carbonyl (C=O) groups is 2. The Kier molecular flexibility index (Phi) is 4.74. The number of hydrogen-bond donors (Lipinski definition) is 2. The Bertz CT molecular complexity index is 565. The van der Waals surface area contributed by atoms with Crippen molar-refractivity contribution < 1.29 is 19.4 Å². The minimum absolute atomic E-state index is 0.0362. The number of ether oxygens (including phenoxy) is 1. The number of nitriles is 1. The molecule has 1 aromatic carbocycles. The average Bonchev–Trinajstić information content (AvgIpc) is 2.53. The van der Waals surface area contributed by atoms with E-state index in [9.17, 15) is 9.59 Å². The SMILES string of the molecule is N#Cc1ccc(CNC(=O)N2CCOC(C(=O)O)C2)cc1. The maximum absolute atomic E-state index is 12.0. The van der Waals surface area contributed by atoms with Gasteiger partial charge in [0.05, 0.1) is 24.8 Å². The molecule has 0 bridgehead atoms. The van der Waals surface area contributed by atoms with Crippen molar-refractivity contribution in [2.75, 3.05) is 19.7 Å². The van der Waals surface area contributed by atoms with Gasteiger partial charge in [-0.3, -0.25) is 0 Å². The number of nitrogens with one attached hydrogen (secondary N) is 1. The van der Waals surface area contributed by atoms with E-state index in [0.29, 0.717) is 18.7 Å². The molecule has 1 aromatic rings. The lowest BCUT2D eigenvalue weighted by atomic mass is 10.1. The Morgan fingerprint density at radius 2 is 2.14 bits per heavy atom. The fourth-order valence-corrected chi connectivity index (χ4v) is 1.97. The summed E-state index contributed by atoms with van der Waals surface area (Å²) in [4.78, 5) is 24.3. The van der Waals surface area contributed by atoms with Crippen molar-refractivity contribution in [3.63, 3.8) is 0 Å². The smallest absolute Gasteiger partial charge is 0.334 e. The number of rotatable bonds is 3. The predicted molar refractivity (Wildman–Crippen MR) is 72.3 cm³/mol. The highest BCUT2D eigenvalue weighted by Gasteiger charge is 2.28. The van der Waals surface area contributed by atoms with Gasteiger partial charge >= 0.3 is 12.0 Å². The van der Waals surface area contributed by atoms with E-state index in [4.69, 9.17) is 15.1 Å². The molecule has 1 heterocycles. The monoisotopic (exact) mass is 289 g/mol. The van der Waals surface area contributed by atoms with Gasteiger partial charge in [-0.25, -0.2) is 9.59 Å². The van der Waals surface area contributed by atoms with E-state index >= 15 is 0 Å². The molecule has 0 radical (unpaired) electrons. The first-order valence-corrected chi connectivity index (χ1v) is 6.46. The number of benzene rings is 1. The van der Waals surface area contributed by atoms with Crippen LogP contribution < -0.4 is 5.32 Å². The first-order valence-electron chi connectivity index (χ1n) is 6.46. The molecule has 2 rings (SSSR count). The second-order valence-electron chi connectivity index (χ2n) is 4.61. The summed E-state index contributed by atoms with van der Waals surface area (Å²) in [6.07, 6.45) is -0.973. The summed E-state index contributed by atoms with van der Waals surface area (Å²) < 4.78 is 5.06. The molecule has 7 nitrogen and oxygen atoms in total. The summed E-state index contributed by atoms with van der Waals surface area (Å²) in [5.41, 5.74) is 1.42. The summed E-state index contributed by atoms with van der Waals surface area (Å²) in [6.45, 7) is 0.929. The Hall–Kier alpha value is -2.59. The highest BCUT2D eigenvalue weighted by Crippen LogP contribution is 2.07. The molecule has 21 heavy (non-hydrogen) atoms. The molecule has 7 heteroatoms. The van der Waals surface area contributed by atoms with Gasteiger partial charge < -0.3 is 20.1 Å². The number of carboxylic acid groups (broad SMARTS) is 1.